The van der Waals surface area contributed by atoms with Crippen LogP contribution in [0.1, 0.15) is 89.6 Å². The van der Waals surface area contributed by atoms with Gasteiger partial charge in [0.05, 0.1) is 34.8 Å². The first-order valence-corrected chi connectivity index (χ1v) is 21.1. The number of nitrogens with one attached hydrogen (secondary N) is 2. The maximum atomic E-state index is 14.4. The van der Waals surface area contributed by atoms with Gasteiger partial charge in [0.2, 0.25) is 11.8 Å². The Morgan fingerprint density at radius 2 is 1.95 bits per heavy atom. The summed E-state index contributed by atoms with van der Waals surface area (Å²) in [6, 6.07) is 8.02. The van der Waals surface area contributed by atoms with Gasteiger partial charge in [-0.3, -0.25) is 29.2 Å². The number of hydrogen-bond acceptors (Lipinski definition) is 10. The lowest BCUT2D eigenvalue weighted by Gasteiger charge is -2.36. The van der Waals surface area contributed by atoms with Gasteiger partial charge in [0.15, 0.2) is 0 Å². The molecule has 4 aromatic rings. The lowest BCUT2D eigenvalue weighted by Crippen LogP contribution is -2.62. The molecule has 304 valence electrons. The van der Waals surface area contributed by atoms with E-state index < -0.39 is 29.5 Å². The fraction of sp³-hybridized carbons (Fsp3) is 0.535. The van der Waals surface area contributed by atoms with Crippen molar-refractivity contribution in [3.8, 4) is 22.5 Å². The van der Waals surface area contributed by atoms with Crippen molar-refractivity contribution in [2.45, 2.75) is 111 Å². The van der Waals surface area contributed by atoms with E-state index >= 15 is 0 Å². The monoisotopic (exact) mass is 797 g/mol. The number of methoxy groups -OCH3 is 1. The molecule has 4 atom stereocenters. The predicted octanol–water partition coefficient (Wildman–Crippen LogP) is 5.85. The van der Waals surface area contributed by atoms with Gasteiger partial charge in [0, 0.05) is 78.6 Å². The summed E-state index contributed by atoms with van der Waals surface area (Å²) in [7, 11) is 1.69. The SMILES string of the molecule is CCn1c(-c2cccnc2[C@H](C)OC)c2c3cc(ccc31)-c1csc(n1)C[C@H](NC(=O)C(C(C)C)N1CCCC1=O)C(=O)N1CCC[C@H](N1)C(=O)OCC(C)(C)C2. The van der Waals surface area contributed by atoms with Crippen LogP contribution in [-0.2, 0) is 48.0 Å². The van der Waals surface area contributed by atoms with Crippen molar-refractivity contribution in [1.29, 1.82) is 0 Å². The highest BCUT2D eigenvalue weighted by Gasteiger charge is 2.39. The van der Waals surface area contributed by atoms with E-state index in [-0.39, 0.29) is 42.8 Å². The Hall–Kier alpha value is -4.66. The van der Waals surface area contributed by atoms with Crippen molar-refractivity contribution in [3.63, 3.8) is 0 Å². The third-order valence-corrected chi connectivity index (χ3v) is 12.4. The van der Waals surface area contributed by atoms with Crippen molar-refractivity contribution in [1.82, 2.24) is 35.2 Å². The molecule has 2 saturated heterocycles. The van der Waals surface area contributed by atoms with Crippen LogP contribution in [0, 0.1) is 11.3 Å². The van der Waals surface area contributed by atoms with E-state index in [1.54, 1.807) is 18.2 Å². The first kappa shape index (κ1) is 40.5. The number of nitrogens with zero attached hydrogens (tertiary/aromatic N) is 5. The number of rotatable bonds is 8. The molecule has 0 spiro atoms. The molecule has 7 rings (SSSR count). The second-order valence-electron chi connectivity index (χ2n) is 16.7. The first-order chi connectivity index (χ1) is 27.3. The minimum atomic E-state index is -0.992. The van der Waals surface area contributed by atoms with Crippen LogP contribution in [-0.4, -0.2) is 93.1 Å². The number of amides is 3. The molecule has 3 aromatic heterocycles. The summed E-state index contributed by atoms with van der Waals surface area (Å²) in [6.45, 7) is 13.9. The molecule has 1 unspecified atom stereocenters. The number of likely N-dealkylation sites (tertiary alicyclic amines) is 1. The maximum Gasteiger partial charge on any atom is 0.324 e. The maximum absolute atomic E-state index is 14.4. The summed E-state index contributed by atoms with van der Waals surface area (Å²) in [6.07, 6.45) is 4.48. The molecule has 1 aromatic carbocycles. The highest BCUT2D eigenvalue weighted by molar-refractivity contribution is 7.10. The van der Waals surface area contributed by atoms with Crippen LogP contribution in [0.2, 0.25) is 0 Å². The number of cyclic esters (lactones) is 1. The van der Waals surface area contributed by atoms with Gasteiger partial charge in [-0.15, -0.1) is 11.3 Å². The van der Waals surface area contributed by atoms with Crippen molar-refractivity contribution in [2.75, 3.05) is 26.8 Å². The molecule has 2 fully saturated rings. The summed E-state index contributed by atoms with van der Waals surface area (Å²) in [5.41, 5.74) is 9.44. The molecular formula is C43H55N7O6S. The number of fused-ring (bicyclic) bond motifs is 6. The fourth-order valence-corrected chi connectivity index (χ4v) is 9.44. The van der Waals surface area contributed by atoms with E-state index in [9.17, 15) is 19.2 Å². The Balaban J connectivity index is 1.33. The number of hydrogen-bond donors (Lipinski definition) is 2. The Labute approximate surface area is 338 Å². The van der Waals surface area contributed by atoms with Gasteiger partial charge in [-0.2, -0.15) is 0 Å². The molecule has 3 aliphatic heterocycles. The number of aromatic nitrogens is 3. The summed E-state index contributed by atoms with van der Waals surface area (Å²) >= 11 is 1.44. The van der Waals surface area contributed by atoms with Crippen LogP contribution in [0.15, 0.2) is 41.9 Å². The molecule has 0 saturated carbocycles. The lowest BCUT2D eigenvalue weighted by atomic mass is 9.84. The number of esters is 1. The van der Waals surface area contributed by atoms with Crippen LogP contribution in [0.25, 0.3) is 33.4 Å². The number of hydrazine groups is 1. The van der Waals surface area contributed by atoms with E-state index in [0.29, 0.717) is 56.7 Å². The Morgan fingerprint density at radius 1 is 1.14 bits per heavy atom. The zero-order valence-corrected chi connectivity index (χ0v) is 34.9. The summed E-state index contributed by atoms with van der Waals surface area (Å²) < 4.78 is 14.2. The second kappa shape index (κ2) is 16.7. The number of aryl methyl sites for hydroxylation is 1. The number of carbonyl (C=O) groups is 4. The van der Waals surface area contributed by atoms with E-state index in [2.05, 4.69) is 60.3 Å². The van der Waals surface area contributed by atoms with Crippen molar-refractivity contribution in [3.05, 3.63) is 58.2 Å². The molecule has 57 heavy (non-hydrogen) atoms. The molecule has 6 heterocycles. The third kappa shape index (κ3) is 8.22. The summed E-state index contributed by atoms with van der Waals surface area (Å²) in [5, 5.41) is 8.22. The Bertz CT molecular complexity index is 2160. The van der Waals surface area contributed by atoms with Gasteiger partial charge >= 0.3 is 5.97 Å². The summed E-state index contributed by atoms with van der Waals surface area (Å²) in [5.74, 6) is -1.40. The van der Waals surface area contributed by atoms with Gasteiger partial charge in [-0.25, -0.2) is 10.4 Å². The molecule has 0 radical (unpaired) electrons. The Morgan fingerprint density at radius 3 is 2.67 bits per heavy atom. The topological polar surface area (TPSA) is 148 Å². The van der Waals surface area contributed by atoms with Gasteiger partial charge < -0.3 is 24.3 Å². The number of benzene rings is 1. The number of ether oxygens (including phenoxy) is 2. The number of pyridine rings is 1. The van der Waals surface area contributed by atoms with Gasteiger partial charge in [-0.05, 0) is 75.3 Å². The van der Waals surface area contributed by atoms with Crippen LogP contribution in [0.3, 0.4) is 0 Å². The highest BCUT2D eigenvalue weighted by Crippen LogP contribution is 2.42. The largest absolute Gasteiger partial charge is 0.464 e. The average molecular weight is 798 g/mol. The molecule has 3 amide bonds. The van der Waals surface area contributed by atoms with Crippen molar-refractivity contribution in [2.24, 2.45) is 11.3 Å². The molecule has 14 heteroatoms. The fourth-order valence-electron chi connectivity index (χ4n) is 8.59. The Kier molecular flexibility index (Phi) is 11.9. The number of thiazole rings is 1. The predicted molar refractivity (Wildman–Crippen MR) is 219 cm³/mol. The zero-order chi connectivity index (χ0) is 40.6. The third-order valence-electron chi connectivity index (χ3n) is 11.5. The molecular weight excluding hydrogens is 743 g/mol. The average Bonchev–Trinajstić information content (AvgIpc) is 3.92. The molecule has 3 aliphatic rings. The van der Waals surface area contributed by atoms with E-state index in [1.165, 1.54) is 16.3 Å². The highest BCUT2D eigenvalue weighted by atomic mass is 32.1. The quantitative estimate of drug-likeness (QED) is 0.210. The van der Waals surface area contributed by atoms with Gasteiger partial charge in [-0.1, -0.05) is 33.8 Å². The minimum Gasteiger partial charge on any atom is -0.464 e. The van der Waals surface area contributed by atoms with Crippen LogP contribution in [0.4, 0.5) is 0 Å². The smallest absolute Gasteiger partial charge is 0.324 e. The molecule has 6 bridgehead atoms. The van der Waals surface area contributed by atoms with E-state index in [1.807, 2.05) is 32.2 Å². The van der Waals surface area contributed by atoms with Crippen LogP contribution in [0.5, 0.6) is 0 Å². The zero-order valence-electron chi connectivity index (χ0n) is 34.1. The molecule has 13 nitrogen and oxygen atoms in total. The second-order valence-corrected chi connectivity index (χ2v) is 17.6. The number of carbonyl (C=O) groups excluding carboxylic acids is 4. The standard InChI is InChI=1S/C43H55N7O6S/c1-8-48-34-16-15-27-20-29(34)30(39(48)28-12-9-17-44-37(28)26(4)55-7)22-43(5,6)24-56-42(54)31-13-10-19-50(47-31)41(53)32(21-35-45-33(27)23-57-35)46-40(52)38(25(2)3)49-18-11-14-36(49)51/h9,12,15-17,20,23,25-26,31-32,38,47H,8,10-11,13-14,18-19,21-22,24H2,1-7H3,(H,46,52)/t26-,31-,32-,38?/m0/s1. The van der Waals surface area contributed by atoms with Gasteiger partial charge in [0.25, 0.3) is 5.91 Å². The molecule has 0 aliphatic carbocycles. The van der Waals surface area contributed by atoms with E-state index in [4.69, 9.17) is 19.4 Å². The van der Waals surface area contributed by atoms with Crippen molar-refractivity contribution >= 4 is 45.9 Å². The van der Waals surface area contributed by atoms with Gasteiger partial charge in [0.1, 0.15) is 18.1 Å². The van der Waals surface area contributed by atoms with Crippen LogP contribution < -0.4 is 10.7 Å². The minimum absolute atomic E-state index is 0.0568. The molecule has 2 N–H and O–H groups in total. The van der Waals surface area contributed by atoms with E-state index in [0.717, 1.165) is 44.7 Å². The lowest BCUT2D eigenvalue weighted by molar-refractivity contribution is -0.155. The normalized spacial score (nSPS) is 21.4. The van der Waals surface area contributed by atoms with Crippen molar-refractivity contribution < 1.29 is 28.7 Å². The van der Waals surface area contributed by atoms with Crippen LogP contribution >= 0.6 is 11.3 Å². The first-order valence-electron chi connectivity index (χ1n) is 20.2. The summed E-state index contributed by atoms with van der Waals surface area (Å²) in [4.78, 5) is 66.4.